The van der Waals surface area contributed by atoms with Crippen LogP contribution < -0.4 is 10.6 Å². The average Bonchev–Trinajstić information content (AvgIpc) is 2.95. The lowest BCUT2D eigenvalue weighted by atomic mass is 9.97. The van der Waals surface area contributed by atoms with Gasteiger partial charge in [-0.05, 0) is 57.9 Å². The molecular formula is C20H25ClN4O2S. The number of benzene rings is 1. The van der Waals surface area contributed by atoms with Gasteiger partial charge in [0.15, 0.2) is 5.13 Å². The Morgan fingerprint density at radius 1 is 1.29 bits per heavy atom. The van der Waals surface area contributed by atoms with Crippen LogP contribution >= 0.6 is 22.9 Å². The minimum Gasteiger partial charge on any atom is -0.326 e. The molecule has 1 fully saturated rings. The van der Waals surface area contributed by atoms with Crippen LogP contribution in [0.4, 0.5) is 10.8 Å². The predicted octanol–water partition coefficient (Wildman–Crippen LogP) is 4.01. The molecule has 8 heteroatoms. The van der Waals surface area contributed by atoms with Crippen molar-refractivity contribution >= 4 is 45.6 Å². The highest BCUT2D eigenvalue weighted by molar-refractivity contribution is 7.15. The summed E-state index contributed by atoms with van der Waals surface area (Å²) in [7, 11) is 0. The lowest BCUT2D eigenvalue weighted by molar-refractivity contribution is -0.123. The zero-order valence-corrected chi connectivity index (χ0v) is 17.9. The SMILES string of the molecule is Cc1ccc(Cl)cc1NC(=O)C1CCCN(CC(=O)Nc2nc(C)c(C)s2)C1. The molecule has 2 amide bonds. The van der Waals surface area contributed by atoms with E-state index in [1.807, 2.05) is 31.7 Å². The number of carbonyl (C=O) groups excluding carboxylic acids is 2. The standard InChI is InChI=1S/C20H25ClN4O2S/c1-12-6-7-16(21)9-17(12)23-19(27)15-5-4-8-25(10-15)11-18(26)24-20-22-13(2)14(3)28-20/h6-7,9,15H,4-5,8,10-11H2,1-3H3,(H,23,27)(H,22,24,26). The van der Waals surface area contributed by atoms with Crippen molar-refractivity contribution in [1.82, 2.24) is 9.88 Å². The molecule has 3 rings (SSSR count). The van der Waals surface area contributed by atoms with E-state index in [1.165, 1.54) is 11.3 Å². The van der Waals surface area contributed by atoms with Crippen molar-refractivity contribution in [3.8, 4) is 0 Å². The number of likely N-dealkylation sites (tertiary alicyclic amines) is 1. The highest BCUT2D eigenvalue weighted by atomic mass is 35.5. The van der Waals surface area contributed by atoms with E-state index < -0.39 is 0 Å². The van der Waals surface area contributed by atoms with Gasteiger partial charge in [-0.25, -0.2) is 4.98 Å². The fourth-order valence-electron chi connectivity index (χ4n) is 3.26. The van der Waals surface area contributed by atoms with Gasteiger partial charge in [0.05, 0.1) is 18.2 Å². The third-order valence-corrected chi connectivity index (χ3v) is 6.20. The summed E-state index contributed by atoms with van der Waals surface area (Å²) < 4.78 is 0. The highest BCUT2D eigenvalue weighted by Crippen LogP contribution is 2.24. The van der Waals surface area contributed by atoms with E-state index in [-0.39, 0.29) is 24.3 Å². The second kappa shape index (κ2) is 9.03. The van der Waals surface area contributed by atoms with Crippen molar-refractivity contribution in [3.63, 3.8) is 0 Å². The Bertz CT molecular complexity index is 864. The number of halogens is 1. The second-order valence-corrected chi connectivity index (χ2v) is 8.87. The molecule has 0 radical (unpaired) electrons. The van der Waals surface area contributed by atoms with Crippen LogP contribution in [0.5, 0.6) is 0 Å². The van der Waals surface area contributed by atoms with Crippen molar-refractivity contribution in [1.29, 1.82) is 0 Å². The number of nitrogens with one attached hydrogen (secondary N) is 2. The minimum atomic E-state index is -0.149. The van der Waals surface area contributed by atoms with Crippen molar-refractivity contribution < 1.29 is 9.59 Å². The number of piperidine rings is 1. The first kappa shape index (κ1) is 20.8. The average molecular weight is 421 g/mol. The van der Waals surface area contributed by atoms with Gasteiger partial charge >= 0.3 is 0 Å². The molecule has 6 nitrogen and oxygen atoms in total. The van der Waals surface area contributed by atoms with Gasteiger partial charge in [0.2, 0.25) is 11.8 Å². The quantitative estimate of drug-likeness (QED) is 0.766. The lowest BCUT2D eigenvalue weighted by Gasteiger charge is -2.31. The van der Waals surface area contributed by atoms with E-state index in [1.54, 1.807) is 12.1 Å². The van der Waals surface area contributed by atoms with Crippen molar-refractivity contribution in [2.24, 2.45) is 5.92 Å². The third-order valence-electron chi connectivity index (χ3n) is 4.98. The summed E-state index contributed by atoms with van der Waals surface area (Å²) in [4.78, 5) is 32.5. The summed E-state index contributed by atoms with van der Waals surface area (Å²) in [6.45, 7) is 7.48. The van der Waals surface area contributed by atoms with Gasteiger partial charge in [0.1, 0.15) is 0 Å². The maximum Gasteiger partial charge on any atom is 0.240 e. The summed E-state index contributed by atoms with van der Waals surface area (Å²) in [5, 5.41) is 7.07. The molecule has 2 aromatic rings. The molecule has 1 aromatic carbocycles. The Morgan fingerprint density at radius 3 is 2.79 bits per heavy atom. The van der Waals surface area contributed by atoms with Crippen LogP contribution in [0, 0.1) is 26.7 Å². The Morgan fingerprint density at radius 2 is 2.07 bits per heavy atom. The number of hydrogen-bond donors (Lipinski definition) is 2. The Hall–Kier alpha value is -1.96. The van der Waals surface area contributed by atoms with Gasteiger partial charge in [-0.1, -0.05) is 17.7 Å². The molecule has 150 valence electrons. The number of amides is 2. The first-order valence-corrected chi connectivity index (χ1v) is 10.5. The minimum absolute atomic E-state index is 0.0263. The largest absolute Gasteiger partial charge is 0.326 e. The number of hydrogen-bond acceptors (Lipinski definition) is 5. The monoisotopic (exact) mass is 420 g/mol. The molecule has 0 bridgehead atoms. The smallest absolute Gasteiger partial charge is 0.240 e. The highest BCUT2D eigenvalue weighted by Gasteiger charge is 2.27. The molecule has 28 heavy (non-hydrogen) atoms. The first-order chi connectivity index (χ1) is 13.3. The van der Waals surface area contributed by atoms with Crippen LogP contribution in [0.25, 0.3) is 0 Å². The Kier molecular flexibility index (Phi) is 6.69. The number of aryl methyl sites for hydroxylation is 3. The second-order valence-electron chi connectivity index (χ2n) is 7.23. The molecule has 2 heterocycles. The van der Waals surface area contributed by atoms with Crippen LogP contribution in [-0.4, -0.2) is 41.3 Å². The molecule has 1 aliphatic rings. The predicted molar refractivity (Wildman–Crippen MR) is 114 cm³/mol. The molecule has 2 N–H and O–H groups in total. The lowest BCUT2D eigenvalue weighted by Crippen LogP contribution is -2.44. The van der Waals surface area contributed by atoms with Crippen molar-refractivity contribution in [3.05, 3.63) is 39.4 Å². The first-order valence-electron chi connectivity index (χ1n) is 9.35. The number of aromatic nitrogens is 1. The topological polar surface area (TPSA) is 74.3 Å². The van der Waals surface area contributed by atoms with Gasteiger partial charge in [-0.3, -0.25) is 14.5 Å². The summed E-state index contributed by atoms with van der Waals surface area (Å²) in [6.07, 6.45) is 1.70. The van der Waals surface area contributed by atoms with Crippen molar-refractivity contribution in [2.75, 3.05) is 30.3 Å². The van der Waals surface area contributed by atoms with E-state index in [2.05, 4.69) is 15.6 Å². The summed E-state index contributed by atoms with van der Waals surface area (Å²) in [6, 6.07) is 5.46. The van der Waals surface area contributed by atoms with Crippen LogP contribution in [0.1, 0.15) is 29.0 Å². The van der Waals surface area contributed by atoms with Gasteiger partial charge in [-0.2, -0.15) is 0 Å². The maximum atomic E-state index is 12.7. The number of thiazole rings is 1. The van der Waals surface area contributed by atoms with Crippen molar-refractivity contribution in [2.45, 2.75) is 33.6 Å². The molecule has 0 saturated carbocycles. The Labute approximate surface area is 174 Å². The summed E-state index contributed by atoms with van der Waals surface area (Å²) in [5.41, 5.74) is 2.65. The normalized spacial score (nSPS) is 17.4. The molecule has 0 spiro atoms. The van der Waals surface area contributed by atoms with Gasteiger partial charge in [0.25, 0.3) is 0 Å². The van der Waals surface area contributed by atoms with Gasteiger partial charge < -0.3 is 10.6 Å². The summed E-state index contributed by atoms with van der Waals surface area (Å²) >= 11 is 7.51. The number of rotatable bonds is 5. The van der Waals surface area contributed by atoms with E-state index in [0.717, 1.165) is 41.2 Å². The molecule has 0 aliphatic carbocycles. The molecule has 1 unspecified atom stereocenters. The third kappa shape index (κ3) is 5.31. The fraction of sp³-hybridized carbons (Fsp3) is 0.450. The van der Waals surface area contributed by atoms with Gasteiger partial charge in [0, 0.05) is 22.1 Å². The van der Waals surface area contributed by atoms with Crippen LogP contribution in [0.3, 0.4) is 0 Å². The van der Waals surface area contributed by atoms with Crippen LogP contribution in [0.2, 0.25) is 5.02 Å². The maximum absolute atomic E-state index is 12.7. The number of anilines is 2. The zero-order valence-electron chi connectivity index (χ0n) is 16.3. The number of carbonyl (C=O) groups is 2. The fourth-order valence-corrected chi connectivity index (χ4v) is 4.27. The van der Waals surface area contributed by atoms with E-state index >= 15 is 0 Å². The van der Waals surface area contributed by atoms with E-state index in [9.17, 15) is 9.59 Å². The van der Waals surface area contributed by atoms with Crippen LogP contribution in [-0.2, 0) is 9.59 Å². The van der Waals surface area contributed by atoms with E-state index in [0.29, 0.717) is 16.7 Å². The molecular weight excluding hydrogens is 396 g/mol. The van der Waals surface area contributed by atoms with Crippen LogP contribution in [0.15, 0.2) is 18.2 Å². The molecule has 1 aromatic heterocycles. The Balaban J connectivity index is 1.55. The molecule has 1 atom stereocenters. The van der Waals surface area contributed by atoms with E-state index in [4.69, 9.17) is 11.6 Å². The zero-order chi connectivity index (χ0) is 20.3. The number of nitrogens with zero attached hydrogens (tertiary/aromatic N) is 2. The molecule has 1 aliphatic heterocycles. The summed E-state index contributed by atoms with van der Waals surface area (Å²) in [5.74, 6) is -0.272. The molecule has 1 saturated heterocycles. The van der Waals surface area contributed by atoms with Gasteiger partial charge in [-0.15, -0.1) is 11.3 Å².